The molecule has 0 unspecified atom stereocenters. The van der Waals surface area contributed by atoms with E-state index in [9.17, 15) is 9.18 Å². The zero-order valence-corrected chi connectivity index (χ0v) is 8.98. The van der Waals surface area contributed by atoms with E-state index in [1.165, 1.54) is 23.5 Å². The molecule has 0 amide bonds. The highest BCUT2D eigenvalue weighted by molar-refractivity contribution is 7.17. The lowest BCUT2D eigenvalue weighted by atomic mass is 10.1. The zero-order valence-electron chi connectivity index (χ0n) is 8.16. The number of thiophene rings is 1. The van der Waals surface area contributed by atoms with Crippen molar-refractivity contribution in [2.45, 2.75) is 6.92 Å². The topological polar surface area (TPSA) is 17.1 Å². The molecule has 1 nitrogen and oxygen atoms in total. The van der Waals surface area contributed by atoms with Crippen molar-refractivity contribution in [2.24, 2.45) is 0 Å². The lowest BCUT2D eigenvalue weighted by Crippen LogP contribution is -1.81. The summed E-state index contributed by atoms with van der Waals surface area (Å²) in [4.78, 5) is 12.2. The Morgan fingerprint density at radius 1 is 1.27 bits per heavy atom. The lowest BCUT2D eigenvalue weighted by molar-refractivity contribution is 0.112. The fourth-order valence-corrected chi connectivity index (χ4v) is 2.38. The molecule has 0 radical (unpaired) electrons. The highest BCUT2D eigenvalue weighted by Crippen LogP contribution is 2.30. The molecule has 2 aromatic rings. The number of carbonyl (C=O) groups excluding carboxylic acids is 1. The molecule has 0 aliphatic heterocycles. The molecule has 0 spiro atoms. The number of hydrogen-bond donors (Lipinski definition) is 0. The van der Waals surface area contributed by atoms with Crippen LogP contribution in [0.2, 0.25) is 0 Å². The molecule has 3 heteroatoms. The summed E-state index contributed by atoms with van der Waals surface area (Å²) in [5.41, 5.74) is 1.86. The molecular formula is C12H9FOS. The van der Waals surface area contributed by atoms with Gasteiger partial charge in [-0.2, -0.15) is 0 Å². The van der Waals surface area contributed by atoms with Crippen molar-refractivity contribution in [2.75, 3.05) is 0 Å². The van der Waals surface area contributed by atoms with Crippen LogP contribution in [0, 0.1) is 12.7 Å². The maximum atomic E-state index is 12.9. The largest absolute Gasteiger partial charge is 0.297 e. The first-order chi connectivity index (χ1) is 7.20. The molecule has 1 aromatic carbocycles. The Labute approximate surface area is 91.2 Å². The summed E-state index contributed by atoms with van der Waals surface area (Å²) >= 11 is 1.42. The average Bonchev–Trinajstić information content (AvgIpc) is 2.66. The van der Waals surface area contributed by atoms with Gasteiger partial charge in [0.15, 0.2) is 6.29 Å². The Morgan fingerprint density at radius 3 is 2.67 bits per heavy atom. The van der Waals surface area contributed by atoms with Crippen LogP contribution < -0.4 is 0 Å². The first kappa shape index (κ1) is 10.1. The number of halogens is 1. The van der Waals surface area contributed by atoms with E-state index in [1.807, 2.05) is 13.0 Å². The van der Waals surface area contributed by atoms with Gasteiger partial charge in [0, 0.05) is 4.88 Å². The maximum absolute atomic E-state index is 12.9. The first-order valence-corrected chi connectivity index (χ1v) is 5.34. The van der Waals surface area contributed by atoms with Gasteiger partial charge in [-0.05, 0) is 42.3 Å². The van der Waals surface area contributed by atoms with E-state index in [0.29, 0.717) is 4.88 Å². The van der Waals surface area contributed by atoms with Gasteiger partial charge in [0.05, 0.1) is 4.88 Å². The van der Waals surface area contributed by atoms with Crippen molar-refractivity contribution in [1.82, 2.24) is 0 Å². The molecule has 0 fully saturated rings. The molecular weight excluding hydrogens is 211 g/mol. The fraction of sp³-hybridized carbons (Fsp3) is 0.0833. The number of benzene rings is 1. The van der Waals surface area contributed by atoms with Crippen LogP contribution in [-0.2, 0) is 0 Å². The molecule has 0 aliphatic rings. The molecule has 0 saturated carbocycles. The van der Waals surface area contributed by atoms with Crippen molar-refractivity contribution < 1.29 is 9.18 Å². The van der Waals surface area contributed by atoms with Gasteiger partial charge in [0.25, 0.3) is 0 Å². The number of hydrogen-bond acceptors (Lipinski definition) is 2. The summed E-state index contributed by atoms with van der Waals surface area (Å²) in [6.45, 7) is 1.86. The van der Waals surface area contributed by atoms with Crippen LogP contribution in [0.4, 0.5) is 4.39 Å². The second-order valence-corrected chi connectivity index (χ2v) is 4.39. The summed E-state index contributed by atoms with van der Waals surface area (Å²) in [6, 6.07) is 8.33. The van der Waals surface area contributed by atoms with Gasteiger partial charge >= 0.3 is 0 Å². The normalized spacial score (nSPS) is 10.3. The SMILES string of the molecule is Cc1cc(F)ccc1-c1ccc(C=O)s1. The molecule has 0 bridgehead atoms. The minimum absolute atomic E-state index is 0.233. The third-order valence-corrected chi connectivity index (χ3v) is 3.24. The molecule has 0 N–H and O–H groups in total. The van der Waals surface area contributed by atoms with E-state index >= 15 is 0 Å². The number of rotatable bonds is 2. The van der Waals surface area contributed by atoms with Gasteiger partial charge in [-0.1, -0.05) is 6.07 Å². The van der Waals surface area contributed by atoms with Gasteiger partial charge in [0.1, 0.15) is 5.82 Å². The van der Waals surface area contributed by atoms with E-state index in [1.54, 1.807) is 12.1 Å². The van der Waals surface area contributed by atoms with Gasteiger partial charge < -0.3 is 0 Å². The summed E-state index contributed by atoms with van der Waals surface area (Å²) in [5.74, 6) is -0.233. The smallest absolute Gasteiger partial charge is 0.160 e. The molecule has 1 heterocycles. The predicted molar refractivity (Wildman–Crippen MR) is 59.8 cm³/mol. The number of aryl methyl sites for hydroxylation is 1. The van der Waals surface area contributed by atoms with Gasteiger partial charge in [0.2, 0.25) is 0 Å². The predicted octanol–water partition coefficient (Wildman–Crippen LogP) is 3.68. The molecule has 0 aliphatic carbocycles. The van der Waals surface area contributed by atoms with Crippen molar-refractivity contribution >= 4 is 17.6 Å². The molecule has 76 valence electrons. The summed E-state index contributed by atoms with van der Waals surface area (Å²) < 4.78 is 12.9. The van der Waals surface area contributed by atoms with Crippen molar-refractivity contribution in [3.63, 3.8) is 0 Å². The van der Waals surface area contributed by atoms with Crippen LogP contribution in [0.5, 0.6) is 0 Å². The monoisotopic (exact) mass is 220 g/mol. The second kappa shape index (κ2) is 3.95. The standard InChI is InChI=1S/C12H9FOS/c1-8-6-9(13)2-4-11(8)12-5-3-10(7-14)15-12/h2-7H,1H3. The van der Waals surface area contributed by atoms with Crippen molar-refractivity contribution in [3.05, 3.63) is 46.6 Å². The van der Waals surface area contributed by atoms with Crippen molar-refractivity contribution in [3.8, 4) is 10.4 Å². The molecule has 0 atom stereocenters. The highest BCUT2D eigenvalue weighted by atomic mass is 32.1. The van der Waals surface area contributed by atoms with Crippen LogP contribution in [0.3, 0.4) is 0 Å². The van der Waals surface area contributed by atoms with E-state index in [-0.39, 0.29) is 5.82 Å². The summed E-state index contributed by atoms with van der Waals surface area (Å²) in [6.07, 6.45) is 0.826. The molecule has 0 saturated heterocycles. The van der Waals surface area contributed by atoms with Crippen LogP contribution in [0.1, 0.15) is 15.2 Å². The third kappa shape index (κ3) is 1.97. The van der Waals surface area contributed by atoms with Gasteiger partial charge in [-0.3, -0.25) is 4.79 Å². The average molecular weight is 220 g/mol. The van der Waals surface area contributed by atoms with Gasteiger partial charge in [-0.25, -0.2) is 4.39 Å². The number of carbonyl (C=O) groups is 1. The van der Waals surface area contributed by atoms with Crippen molar-refractivity contribution in [1.29, 1.82) is 0 Å². The summed E-state index contributed by atoms with van der Waals surface area (Å²) in [5, 5.41) is 0. The minimum atomic E-state index is -0.233. The zero-order chi connectivity index (χ0) is 10.8. The Kier molecular flexibility index (Phi) is 2.64. The highest BCUT2D eigenvalue weighted by Gasteiger charge is 2.05. The van der Waals surface area contributed by atoms with E-state index in [0.717, 1.165) is 22.3 Å². The van der Waals surface area contributed by atoms with E-state index < -0.39 is 0 Å². The Balaban J connectivity index is 2.49. The summed E-state index contributed by atoms with van der Waals surface area (Å²) in [7, 11) is 0. The van der Waals surface area contributed by atoms with E-state index in [4.69, 9.17) is 0 Å². The van der Waals surface area contributed by atoms with Crippen LogP contribution in [0.15, 0.2) is 30.3 Å². The van der Waals surface area contributed by atoms with Crippen LogP contribution >= 0.6 is 11.3 Å². The van der Waals surface area contributed by atoms with Gasteiger partial charge in [-0.15, -0.1) is 11.3 Å². The number of aldehydes is 1. The molecule has 2 rings (SSSR count). The quantitative estimate of drug-likeness (QED) is 0.706. The van der Waals surface area contributed by atoms with E-state index in [2.05, 4.69) is 0 Å². The molecule has 1 aromatic heterocycles. The second-order valence-electron chi connectivity index (χ2n) is 3.28. The maximum Gasteiger partial charge on any atom is 0.160 e. The lowest BCUT2D eigenvalue weighted by Gasteiger charge is -2.02. The fourth-order valence-electron chi connectivity index (χ4n) is 1.46. The molecule has 15 heavy (non-hydrogen) atoms. The van der Waals surface area contributed by atoms with Crippen LogP contribution in [0.25, 0.3) is 10.4 Å². The van der Waals surface area contributed by atoms with Crippen LogP contribution in [-0.4, -0.2) is 6.29 Å². The Hall–Kier alpha value is -1.48. The Bertz CT molecular complexity index is 502. The first-order valence-electron chi connectivity index (χ1n) is 4.52. The Morgan fingerprint density at radius 2 is 2.07 bits per heavy atom. The minimum Gasteiger partial charge on any atom is -0.297 e. The third-order valence-electron chi connectivity index (χ3n) is 2.20.